The van der Waals surface area contributed by atoms with Crippen LogP contribution in [0.1, 0.15) is 43.2 Å². The molecule has 0 aromatic heterocycles. The number of fused-ring (bicyclic) bond motifs is 3. The second kappa shape index (κ2) is 12.4. The summed E-state index contributed by atoms with van der Waals surface area (Å²) >= 11 is 0. The van der Waals surface area contributed by atoms with Crippen LogP contribution in [0.2, 0.25) is 0 Å². The number of amides is 2. The molecule has 1 aliphatic rings. The number of hydrogen-bond donors (Lipinski definition) is 2. The molecule has 0 saturated carbocycles. The minimum absolute atomic E-state index is 0.00798. The summed E-state index contributed by atoms with van der Waals surface area (Å²) in [5, 5.41) is 11.7. The molecule has 1 unspecified atom stereocenters. The zero-order valence-electron chi connectivity index (χ0n) is 20.7. The van der Waals surface area contributed by atoms with E-state index in [1.807, 2.05) is 50.2 Å². The molecule has 0 saturated heterocycles. The number of carboxylic acids is 1. The van der Waals surface area contributed by atoms with Crippen molar-refractivity contribution in [3.05, 3.63) is 59.7 Å². The molecule has 0 aliphatic heterocycles. The van der Waals surface area contributed by atoms with Gasteiger partial charge in [0, 0.05) is 25.4 Å². The van der Waals surface area contributed by atoms with Gasteiger partial charge in [-0.3, -0.25) is 9.59 Å². The highest BCUT2D eigenvalue weighted by Crippen LogP contribution is 2.44. The number of nitrogens with zero attached hydrogens (tertiary/aromatic N) is 2. The standard InChI is InChI=1S/C27H35N3O5/c1-4-30(16-9-14-25(31)32)26(33)24(15-17-29(2)3)28-27(34)35-18-23-21-12-7-5-10-19(21)20-11-6-8-13-22(20)23/h5-8,10-13,23-24H,4,9,14-18H2,1-3H3,(H,28,34)(H,31,32). The lowest BCUT2D eigenvalue weighted by Crippen LogP contribution is -2.50. The number of carbonyl (C=O) groups is 3. The second-order valence-electron chi connectivity index (χ2n) is 9.03. The Morgan fingerprint density at radius 2 is 1.60 bits per heavy atom. The van der Waals surface area contributed by atoms with Gasteiger partial charge in [-0.05, 0) is 62.7 Å². The van der Waals surface area contributed by atoms with Gasteiger partial charge in [0.05, 0.1) is 0 Å². The van der Waals surface area contributed by atoms with E-state index < -0.39 is 18.1 Å². The van der Waals surface area contributed by atoms with Crippen LogP contribution in [0.3, 0.4) is 0 Å². The van der Waals surface area contributed by atoms with Crippen LogP contribution in [-0.4, -0.2) is 79.3 Å². The van der Waals surface area contributed by atoms with E-state index in [0.29, 0.717) is 32.5 Å². The molecule has 35 heavy (non-hydrogen) atoms. The zero-order chi connectivity index (χ0) is 25.4. The van der Waals surface area contributed by atoms with Crippen LogP contribution in [0.4, 0.5) is 4.79 Å². The maximum absolute atomic E-state index is 13.2. The highest BCUT2D eigenvalue weighted by molar-refractivity contribution is 5.86. The SMILES string of the molecule is CCN(CCCC(=O)O)C(=O)C(CCN(C)C)NC(=O)OCC1c2ccccc2-c2ccccc21. The highest BCUT2D eigenvalue weighted by Gasteiger charge is 2.30. The monoisotopic (exact) mass is 481 g/mol. The number of likely N-dealkylation sites (N-methyl/N-ethyl adjacent to an activating group) is 1. The number of rotatable bonds is 12. The number of hydrogen-bond acceptors (Lipinski definition) is 5. The van der Waals surface area contributed by atoms with Gasteiger partial charge in [0.1, 0.15) is 12.6 Å². The van der Waals surface area contributed by atoms with Crippen LogP contribution in [0.25, 0.3) is 11.1 Å². The van der Waals surface area contributed by atoms with Crippen LogP contribution < -0.4 is 5.32 Å². The Morgan fingerprint density at radius 1 is 1.00 bits per heavy atom. The number of aliphatic carboxylic acids is 1. The summed E-state index contributed by atoms with van der Waals surface area (Å²) in [7, 11) is 3.80. The van der Waals surface area contributed by atoms with E-state index in [0.717, 1.165) is 22.3 Å². The van der Waals surface area contributed by atoms with Crippen molar-refractivity contribution < 1.29 is 24.2 Å². The zero-order valence-corrected chi connectivity index (χ0v) is 20.7. The molecule has 0 bridgehead atoms. The van der Waals surface area contributed by atoms with Crippen molar-refractivity contribution in [2.75, 3.05) is 40.3 Å². The lowest BCUT2D eigenvalue weighted by molar-refractivity contribution is -0.138. The summed E-state index contributed by atoms with van der Waals surface area (Å²) < 4.78 is 5.64. The lowest BCUT2D eigenvalue weighted by Gasteiger charge is -2.27. The van der Waals surface area contributed by atoms with Gasteiger partial charge >= 0.3 is 12.1 Å². The Balaban J connectivity index is 1.65. The summed E-state index contributed by atoms with van der Waals surface area (Å²) in [6.45, 7) is 3.38. The summed E-state index contributed by atoms with van der Waals surface area (Å²) in [5.41, 5.74) is 4.54. The summed E-state index contributed by atoms with van der Waals surface area (Å²) in [6, 6.07) is 15.5. The number of carbonyl (C=O) groups excluding carboxylic acids is 2. The third-order valence-electron chi connectivity index (χ3n) is 6.31. The van der Waals surface area contributed by atoms with E-state index in [2.05, 4.69) is 29.6 Å². The van der Waals surface area contributed by atoms with Crippen molar-refractivity contribution in [3.8, 4) is 11.1 Å². The van der Waals surface area contributed by atoms with Crippen molar-refractivity contribution >= 4 is 18.0 Å². The van der Waals surface area contributed by atoms with Gasteiger partial charge in [-0.1, -0.05) is 48.5 Å². The van der Waals surface area contributed by atoms with Crippen molar-refractivity contribution in [2.24, 2.45) is 0 Å². The molecule has 1 atom stereocenters. The van der Waals surface area contributed by atoms with Crippen molar-refractivity contribution in [1.29, 1.82) is 0 Å². The maximum Gasteiger partial charge on any atom is 0.407 e. The number of nitrogens with one attached hydrogen (secondary N) is 1. The molecule has 0 radical (unpaired) electrons. The Kier molecular flexibility index (Phi) is 9.25. The third-order valence-corrected chi connectivity index (χ3v) is 6.31. The molecule has 2 aromatic carbocycles. The first-order valence-electron chi connectivity index (χ1n) is 12.1. The molecule has 0 fully saturated rings. The largest absolute Gasteiger partial charge is 0.481 e. The average molecular weight is 482 g/mol. The fourth-order valence-electron chi connectivity index (χ4n) is 4.49. The Labute approximate surface area is 206 Å². The summed E-state index contributed by atoms with van der Waals surface area (Å²) in [6.07, 6.45) is 0.142. The smallest absolute Gasteiger partial charge is 0.407 e. The molecule has 8 heteroatoms. The van der Waals surface area contributed by atoms with Crippen molar-refractivity contribution in [3.63, 3.8) is 0 Å². The molecule has 0 spiro atoms. The third kappa shape index (κ3) is 6.82. The number of ether oxygens (including phenoxy) is 1. The van der Waals surface area contributed by atoms with Gasteiger partial charge in [0.2, 0.25) is 5.91 Å². The van der Waals surface area contributed by atoms with Crippen molar-refractivity contribution in [2.45, 2.75) is 38.1 Å². The normalized spacial score (nSPS) is 13.1. The van der Waals surface area contributed by atoms with Crippen LogP contribution in [0.15, 0.2) is 48.5 Å². The van der Waals surface area contributed by atoms with Gasteiger partial charge in [0.25, 0.3) is 0 Å². The van der Waals surface area contributed by atoms with Gasteiger partial charge in [-0.25, -0.2) is 4.79 Å². The number of benzene rings is 2. The maximum atomic E-state index is 13.2. The van der Waals surface area contributed by atoms with E-state index in [1.54, 1.807) is 4.90 Å². The molecule has 2 aromatic rings. The topological polar surface area (TPSA) is 99.2 Å². The van der Waals surface area contributed by atoms with Crippen LogP contribution in [0.5, 0.6) is 0 Å². The van der Waals surface area contributed by atoms with E-state index in [-0.39, 0.29) is 24.9 Å². The molecule has 1 aliphatic carbocycles. The predicted molar refractivity (Wildman–Crippen MR) is 134 cm³/mol. The second-order valence-corrected chi connectivity index (χ2v) is 9.03. The van der Waals surface area contributed by atoms with Crippen molar-refractivity contribution in [1.82, 2.24) is 15.1 Å². The van der Waals surface area contributed by atoms with Crippen LogP contribution in [-0.2, 0) is 14.3 Å². The molecular weight excluding hydrogens is 446 g/mol. The number of alkyl carbamates (subject to hydrolysis) is 1. The molecule has 2 N–H and O–H groups in total. The Bertz CT molecular complexity index is 993. The first kappa shape index (κ1) is 26.2. The Morgan fingerprint density at radius 3 is 2.14 bits per heavy atom. The van der Waals surface area contributed by atoms with E-state index >= 15 is 0 Å². The fourth-order valence-corrected chi connectivity index (χ4v) is 4.49. The molecule has 188 valence electrons. The molecule has 3 rings (SSSR count). The van der Waals surface area contributed by atoms with E-state index in [1.165, 1.54) is 0 Å². The van der Waals surface area contributed by atoms with E-state index in [4.69, 9.17) is 9.84 Å². The Hall–Kier alpha value is -3.39. The summed E-state index contributed by atoms with van der Waals surface area (Å²) in [5.74, 6) is -1.19. The number of carboxylic acid groups (broad SMARTS) is 1. The molecule has 2 amide bonds. The molecular formula is C27H35N3O5. The van der Waals surface area contributed by atoms with Gasteiger partial charge in [-0.2, -0.15) is 0 Å². The van der Waals surface area contributed by atoms with E-state index in [9.17, 15) is 14.4 Å². The minimum Gasteiger partial charge on any atom is -0.481 e. The average Bonchev–Trinajstić information content (AvgIpc) is 3.16. The molecule has 0 heterocycles. The predicted octanol–water partition coefficient (Wildman–Crippen LogP) is 3.56. The summed E-state index contributed by atoms with van der Waals surface area (Å²) in [4.78, 5) is 40.4. The first-order valence-corrected chi connectivity index (χ1v) is 12.1. The van der Waals surface area contributed by atoms with Crippen LogP contribution in [0, 0.1) is 0 Å². The first-order chi connectivity index (χ1) is 16.8. The van der Waals surface area contributed by atoms with Crippen LogP contribution >= 0.6 is 0 Å². The van der Waals surface area contributed by atoms with Gasteiger partial charge in [0.15, 0.2) is 0 Å². The lowest BCUT2D eigenvalue weighted by atomic mass is 9.98. The quantitative estimate of drug-likeness (QED) is 0.481. The van der Waals surface area contributed by atoms with Gasteiger partial charge < -0.3 is 25.0 Å². The minimum atomic E-state index is -0.894. The fraction of sp³-hybridized carbons (Fsp3) is 0.444. The van der Waals surface area contributed by atoms with Gasteiger partial charge in [-0.15, -0.1) is 0 Å². The highest BCUT2D eigenvalue weighted by atomic mass is 16.5. The molecule has 8 nitrogen and oxygen atoms in total.